The zero-order valence-corrected chi connectivity index (χ0v) is 11.2. The smallest absolute Gasteiger partial charge is 0.217 e. The average molecular weight is 258 g/mol. The molecule has 0 aliphatic heterocycles. The fourth-order valence-corrected chi connectivity index (χ4v) is 2.05. The molecule has 1 amide bonds. The van der Waals surface area contributed by atoms with Gasteiger partial charge >= 0.3 is 0 Å². The molecule has 0 bridgehead atoms. The fourth-order valence-electron chi connectivity index (χ4n) is 2.05. The molecule has 1 aromatic carbocycles. The lowest BCUT2D eigenvalue weighted by molar-refractivity contribution is -0.119. The van der Waals surface area contributed by atoms with E-state index in [4.69, 9.17) is 4.74 Å². The lowest BCUT2D eigenvalue weighted by Crippen LogP contribution is -2.19. The molecule has 0 fully saturated rings. The Morgan fingerprint density at radius 3 is 3.00 bits per heavy atom. The van der Waals surface area contributed by atoms with Gasteiger partial charge in [0.05, 0.1) is 0 Å². The van der Waals surface area contributed by atoms with Crippen molar-refractivity contribution < 1.29 is 9.53 Å². The van der Waals surface area contributed by atoms with Gasteiger partial charge in [0.1, 0.15) is 12.4 Å². The number of rotatable bonds is 5. The monoisotopic (exact) mass is 258 g/mol. The molecule has 1 heterocycles. The van der Waals surface area contributed by atoms with E-state index in [0.29, 0.717) is 13.2 Å². The molecule has 2 aromatic rings. The van der Waals surface area contributed by atoms with Gasteiger partial charge in [0, 0.05) is 30.1 Å². The molecule has 2 rings (SSSR count). The summed E-state index contributed by atoms with van der Waals surface area (Å²) >= 11 is 0. The predicted molar refractivity (Wildman–Crippen MR) is 76.2 cm³/mol. The molecule has 100 valence electrons. The van der Waals surface area contributed by atoms with E-state index in [1.807, 2.05) is 25.1 Å². The van der Waals surface area contributed by atoms with Crippen molar-refractivity contribution in [3.63, 3.8) is 0 Å². The maximum absolute atomic E-state index is 11.0. The molecule has 19 heavy (non-hydrogen) atoms. The summed E-state index contributed by atoms with van der Waals surface area (Å²) in [6.45, 7) is 8.15. The molecular weight excluding hydrogens is 240 g/mol. The Morgan fingerprint density at radius 1 is 1.53 bits per heavy atom. The summed E-state index contributed by atoms with van der Waals surface area (Å²) in [6, 6.07) is 5.89. The number of aromatic amines is 1. The van der Waals surface area contributed by atoms with Gasteiger partial charge in [-0.3, -0.25) is 4.79 Å². The van der Waals surface area contributed by atoms with Crippen LogP contribution in [0.5, 0.6) is 5.75 Å². The minimum absolute atomic E-state index is 0.0344. The van der Waals surface area contributed by atoms with Crippen molar-refractivity contribution in [1.29, 1.82) is 0 Å². The van der Waals surface area contributed by atoms with E-state index in [1.165, 1.54) is 6.92 Å². The van der Waals surface area contributed by atoms with Crippen LogP contribution in [0.4, 0.5) is 0 Å². The first-order valence-corrected chi connectivity index (χ1v) is 6.21. The normalized spacial score (nSPS) is 10.4. The summed E-state index contributed by atoms with van der Waals surface area (Å²) in [5.41, 5.74) is 3.20. The molecule has 0 aliphatic carbocycles. The van der Waals surface area contributed by atoms with Crippen molar-refractivity contribution in [3.05, 3.63) is 42.1 Å². The highest BCUT2D eigenvalue weighted by atomic mass is 16.5. The molecule has 0 aliphatic rings. The van der Waals surface area contributed by atoms with Crippen LogP contribution in [0.15, 0.2) is 30.9 Å². The zero-order valence-electron chi connectivity index (χ0n) is 11.2. The van der Waals surface area contributed by atoms with Crippen LogP contribution in [-0.4, -0.2) is 17.5 Å². The summed E-state index contributed by atoms with van der Waals surface area (Å²) in [5, 5.41) is 3.90. The summed E-state index contributed by atoms with van der Waals surface area (Å²) in [6.07, 6.45) is 1.71. The van der Waals surface area contributed by atoms with E-state index in [0.717, 1.165) is 27.9 Å². The van der Waals surface area contributed by atoms with Crippen LogP contribution in [0.3, 0.4) is 0 Å². The van der Waals surface area contributed by atoms with E-state index >= 15 is 0 Å². The van der Waals surface area contributed by atoms with Gasteiger partial charge in [-0.05, 0) is 30.7 Å². The maximum Gasteiger partial charge on any atom is 0.217 e. The lowest BCUT2D eigenvalue weighted by Gasteiger charge is -2.05. The van der Waals surface area contributed by atoms with E-state index in [2.05, 4.69) is 16.9 Å². The lowest BCUT2D eigenvalue weighted by atomic mass is 10.1. The van der Waals surface area contributed by atoms with E-state index in [1.54, 1.807) is 6.08 Å². The highest BCUT2D eigenvalue weighted by Gasteiger charge is 2.09. The molecule has 0 unspecified atom stereocenters. The highest BCUT2D eigenvalue weighted by molar-refractivity contribution is 5.86. The average Bonchev–Trinajstić information content (AvgIpc) is 2.69. The Hall–Kier alpha value is -2.23. The van der Waals surface area contributed by atoms with Gasteiger partial charge in [-0.15, -0.1) is 0 Å². The molecule has 0 saturated heterocycles. The highest BCUT2D eigenvalue weighted by Crippen LogP contribution is 2.26. The van der Waals surface area contributed by atoms with Crippen LogP contribution in [-0.2, 0) is 11.3 Å². The van der Waals surface area contributed by atoms with Crippen LogP contribution < -0.4 is 10.1 Å². The number of aromatic nitrogens is 1. The number of benzene rings is 1. The van der Waals surface area contributed by atoms with Crippen LogP contribution in [0.1, 0.15) is 18.2 Å². The van der Waals surface area contributed by atoms with Crippen molar-refractivity contribution in [2.75, 3.05) is 6.61 Å². The molecule has 1 aromatic heterocycles. The third-order valence-corrected chi connectivity index (χ3v) is 2.97. The number of fused-ring (bicyclic) bond motifs is 1. The van der Waals surface area contributed by atoms with Crippen LogP contribution in [0.2, 0.25) is 0 Å². The minimum atomic E-state index is -0.0344. The Balaban J connectivity index is 2.35. The second-order valence-corrected chi connectivity index (χ2v) is 4.45. The molecular formula is C15H18N2O2. The Labute approximate surface area is 112 Å². The molecule has 4 heteroatoms. The van der Waals surface area contributed by atoms with Crippen molar-refractivity contribution in [1.82, 2.24) is 10.3 Å². The largest absolute Gasteiger partial charge is 0.490 e. The summed E-state index contributed by atoms with van der Waals surface area (Å²) in [4.78, 5) is 14.3. The van der Waals surface area contributed by atoms with Crippen molar-refractivity contribution in [2.24, 2.45) is 0 Å². The molecule has 0 atom stereocenters. The Bertz CT molecular complexity index is 614. The standard InChI is InChI=1S/C15H18N2O2/c1-4-7-19-12-5-6-15-13(8-12)14(10(2)17-15)9-16-11(3)18/h4-6,8,17H,1,7,9H2,2-3H3,(H,16,18). The maximum atomic E-state index is 11.0. The van der Waals surface area contributed by atoms with Gasteiger partial charge in [0.15, 0.2) is 0 Å². The fraction of sp³-hybridized carbons (Fsp3) is 0.267. The van der Waals surface area contributed by atoms with E-state index in [9.17, 15) is 4.79 Å². The second-order valence-electron chi connectivity index (χ2n) is 4.45. The van der Waals surface area contributed by atoms with E-state index in [-0.39, 0.29) is 5.91 Å². The first-order chi connectivity index (χ1) is 9.11. The number of ether oxygens (including phenoxy) is 1. The first-order valence-electron chi connectivity index (χ1n) is 6.21. The second kappa shape index (κ2) is 5.61. The summed E-state index contributed by atoms with van der Waals surface area (Å²) in [7, 11) is 0. The van der Waals surface area contributed by atoms with Gasteiger partial charge in [0.2, 0.25) is 5.91 Å². The van der Waals surface area contributed by atoms with Gasteiger partial charge in [-0.1, -0.05) is 12.7 Å². The number of amides is 1. The van der Waals surface area contributed by atoms with Crippen LogP contribution in [0.25, 0.3) is 10.9 Å². The molecule has 0 radical (unpaired) electrons. The Morgan fingerprint density at radius 2 is 2.32 bits per heavy atom. The molecule has 0 spiro atoms. The van der Waals surface area contributed by atoms with Gasteiger partial charge in [-0.25, -0.2) is 0 Å². The molecule has 4 nitrogen and oxygen atoms in total. The predicted octanol–water partition coefficient (Wildman–Crippen LogP) is 2.68. The molecule has 2 N–H and O–H groups in total. The molecule has 0 saturated carbocycles. The third-order valence-electron chi connectivity index (χ3n) is 2.97. The van der Waals surface area contributed by atoms with E-state index < -0.39 is 0 Å². The number of aryl methyl sites for hydroxylation is 1. The van der Waals surface area contributed by atoms with Gasteiger partial charge in [-0.2, -0.15) is 0 Å². The number of nitrogens with one attached hydrogen (secondary N) is 2. The van der Waals surface area contributed by atoms with Crippen molar-refractivity contribution >= 4 is 16.8 Å². The minimum Gasteiger partial charge on any atom is -0.490 e. The van der Waals surface area contributed by atoms with Crippen LogP contribution in [0, 0.1) is 6.92 Å². The number of H-pyrrole nitrogens is 1. The quantitative estimate of drug-likeness (QED) is 0.810. The summed E-state index contributed by atoms with van der Waals surface area (Å²) < 4.78 is 5.53. The SMILES string of the molecule is C=CCOc1ccc2[nH]c(C)c(CNC(C)=O)c2c1. The first kappa shape index (κ1) is 13.2. The van der Waals surface area contributed by atoms with Gasteiger partial charge < -0.3 is 15.0 Å². The number of hydrogen-bond acceptors (Lipinski definition) is 2. The number of carbonyl (C=O) groups excluding carboxylic acids is 1. The zero-order chi connectivity index (χ0) is 13.8. The van der Waals surface area contributed by atoms with Crippen LogP contribution >= 0.6 is 0 Å². The van der Waals surface area contributed by atoms with Gasteiger partial charge in [0.25, 0.3) is 0 Å². The van der Waals surface area contributed by atoms with Crippen molar-refractivity contribution in [2.45, 2.75) is 20.4 Å². The van der Waals surface area contributed by atoms with Crippen molar-refractivity contribution in [3.8, 4) is 5.75 Å². The topological polar surface area (TPSA) is 54.1 Å². The number of hydrogen-bond donors (Lipinski definition) is 2. The number of carbonyl (C=O) groups is 1. The third kappa shape index (κ3) is 2.96. The summed E-state index contributed by atoms with van der Waals surface area (Å²) in [5.74, 6) is 0.767. The Kier molecular flexibility index (Phi) is 3.90.